The third-order valence-electron chi connectivity index (χ3n) is 6.38. The van der Waals surface area contributed by atoms with E-state index in [1.54, 1.807) is 62.4 Å². The SMILES string of the molecule is CC(C)C(NC(=O)C(Cl)(Cl)Cl)C(F)=CC(CCCN1C(=O)c2ccccc2C1=O)C(=O)Nc1ccc(CO)cc1. The average Bonchev–Trinajstić information content (AvgIpc) is 3.15. The van der Waals surface area contributed by atoms with Gasteiger partial charge in [-0.25, -0.2) is 4.39 Å². The van der Waals surface area contributed by atoms with Crippen molar-refractivity contribution in [1.29, 1.82) is 0 Å². The van der Waals surface area contributed by atoms with Gasteiger partial charge < -0.3 is 15.7 Å². The number of amides is 4. The third-order valence-corrected chi connectivity index (χ3v) is 6.90. The van der Waals surface area contributed by atoms with Crippen LogP contribution in [-0.2, 0) is 16.2 Å². The van der Waals surface area contributed by atoms with Gasteiger partial charge in [0.15, 0.2) is 0 Å². The standard InChI is InChI=1S/C28H29Cl3FN3O5/c1-16(2)23(34-27(40)28(29,30)31)22(32)14-18(24(37)33-19-11-9-17(15-36)10-12-19)6-5-13-35-25(38)20-7-3-4-8-21(20)26(35)39/h3-4,7-12,14,16,18,23,36H,5-6,13,15H2,1-2H3,(H,33,37)(H,34,40). The van der Waals surface area contributed by atoms with Crippen LogP contribution in [0.15, 0.2) is 60.4 Å². The molecule has 1 heterocycles. The van der Waals surface area contributed by atoms with E-state index in [-0.39, 0.29) is 26.0 Å². The number of halogens is 4. The van der Waals surface area contributed by atoms with Crippen LogP contribution in [0, 0.1) is 11.8 Å². The summed E-state index contributed by atoms with van der Waals surface area (Å²) in [6.45, 7) is 3.15. The molecule has 0 aromatic heterocycles. The molecule has 3 N–H and O–H groups in total. The number of nitrogens with one attached hydrogen (secondary N) is 2. The molecule has 3 rings (SSSR count). The van der Waals surface area contributed by atoms with Gasteiger partial charge in [-0.3, -0.25) is 24.1 Å². The van der Waals surface area contributed by atoms with E-state index in [0.717, 1.165) is 11.0 Å². The van der Waals surface area contributed by atoms with Crippen LogP contribution >= 0.6 is 34.8 Å². The van der Waals surface area contributed by atoms with Crippen LogP contribution < -0.4 is 10.6 Å². The fourth-order valence-corrected chi connectivity index (χ4v) is 4.37. The lowest BCUT2D eigenvalue weighted by atomic mass is 9.96. The van der Waals surface area contributed by atoms with Gasteiger partial charge in [-0.05, 0) is 54.7 Å². The van der Waals surface area contributed by atoms with Crippen molar-refractivity contribution in [2.45, 2.75) is 43.1 Å². The molecule has 0 aliphatic carbocycles. The van der Waals surface area contributed by atoms with Crippen molar-refractivity contribution >= 4 is 64.1 Å². The fraction of sp³-hybridized carbons (Fsp3) is 0.357. The van der Waals surface area contributed by atoms with Gasteiger partial charge in [0.05, 0.1) is 29.7 Å². The average molecular weight is 613 g/mol. The number of carbonyl (C=O) groups excluding carboxylic acids is 4. The molecule has 0 bridgehead atoms. The molecule has 0 saturated carbocycles. The van der Waals surface area contributed by atoms with Crippen LogP contribution in [0.1, 0.15) is 53.0 Å². The van der Waals surface area contributed by atoms with Gasteiger partial charge in [-0.15, -0.1) is 0 Å². The van der Waals surface area contributed by atoms with E-state index in [0.29, 0.717) is 22.4 Å². The Morgan fingerprint density at radius 2 is 1.60 bits per heavy atom. The van der Waals surface area contributed by atoms with Gasteiger partial charge in [-0.1, -0.05) is 72.9 Å². The van der Waals surface area contributed by atoms with Crippen molar-refractivity contribution in [3.8, 4) is 0 Å². The highest BCUT2D eigenvalue weighted by atomic mass is 35.6. The fourth-order valence-electron chi connectivity index (χ4n) is 4.20. The van der Waals surface area contributed by atoms with Gasteiger partial charge in [-0.2, -0.15) is 0 Å². The molecule has 0 radical (unpaired) electrons. The van der Waals surface area contributed by atoms with E-state index < -0.39 is 51.1 Å². The minimum absolute atomic E-state index is 0.0222. The minimum atomic E-state index is -2.31. The Hall–Kier alpha value is -2.98. The maximum Gasteiger partial charge on any atom is 0.272 e. The summed E-state index contributed by atoms with van der Waals surface area (Å²) in [7, 11) is 0. The number of alkyl halides is 3. The number of anilines is 1. The lowest BCUT2D eigenvalue weighted by molar-refractivity contribution is -0.121. The molecule has 0 spiro atoms. The van der Waals surface area contributed by atoms with Crippen molar-refractivity contribution in [2.75, 3.05) is 11.9 Å². The first-order valence-electron chi connectivity index (χ1n) is 12.5. The smallest absolute Gasteiger partial charge is 0.272 e. The number of carbonyl (C=O) groups is 4. The second kappa shape index (κ2) is 13.6. The zero-order valence-electron chi connectivity index (χ0n) is 21.8. The molecule has 8 nitrogen and oxygen atoms in total. The number of nitrogens with zero attached hydrogens (tertiary/aromatic N) is 1. The molecular weight excluding hydrogens is 584 g/mol. The van der Waals surface area contributed by atoms with Gasteiger partial charge >= 0.3 is 0 Å². The Morgan fingerprint density at radius 3 is 2.10 bits per heavy atom. The first-order valence-corrected chi connectivity index (χ1v) is 13.7. The predicted molar refractivity (Wildman–Crippen MR) is 152 cm³/mol. The Balaban J connectivity index is 1.79. The largest absolute Gasteiger partial charge is 0.392 e. The molecule has 0 saturated heterocycles. The summed E-state index contributed by atoms with van der Waals surface area (Å²) in [5.41, 5.74) is 1.68. The normalized spacial score (nSPS) is 15.2. The Kier molecular flexibility index (Phi) is 10.7. The Bertz CT molecular complexity index is 1260. The molecule has 40 heavy (non-hydrogen) atoms. The van der Waals surface area contributed by atoms with Crippen molar-refractivity contribution in [1.82, 2.24) is 10.2 Å². The van der Waals surface area contributed by atoms with Crippen molar-refractivity contribution in [3.63, 3.8) is 0 Å². The molecule has 1 aliphatic heterocycles. The number of hydrogen-bond acceptors (Lipinski definition) is 5. The number of rotatable bonds is 11. The zero-order valence-corrected chi connectivity index (χ0v) is 24.1. The summed E-state index contributed by atoms with van der Waals surface area (Å²) in [5, 5.41) is 14.3. The van der Waals surface area contributed by atoms with E-state index >= 15 is 4.39 Å². The number of aliphatic hydroxyl groups excluding tert-OH is 1. The van der Waals surface area contributed by atoms with E-state index in [1.165, 1.54) is 0 Å². The molecule has 2 aromatic rings. The first kappa shape index (κ1) is 31.5. The summed E-state index contributed by atoms with van der Waals surface area (Å²) in [6, 6.07) is 11.7. The number of fused-ring (bicyclic) bond motifs is 1. The highest BCUT2D eigenvalue weighted by molar-refractivity contribution is 6.76. The lowest BCUT2D eigenvalue weighted by Crippen LogP contribution is -2.44. The topological polar surface area (TPSA) is 116 Å². The molecule has 0 fully saturated rings. The van der Waals surface area contributed by atoms with Gasteiger partial charge in [0.1, 0.15) is 5.83 Å². The first-order chi connectivity index (χ1) is 18.8. The van der Waals surface area contributed by atoms with Crippen LogP contribution in [0.4, 0.5) is 10.1 Å². The summed E-state index contributed by atoms with van der Waals surface area (Å²) < 4.78 is 13.2. The molecule has 214 valence electrons. The summed E-state index contributed by atoms with van der Waals surface area (Å²) in [4.78, 5) is 51.9. The summed E-state index contributed by atoms with van der Waals surface area (Å²) in [5.74, 6) is -4.74. The predicted octanol–water partition coefficient (Wildman–Crippen LogP) is 5.17. The summed E-state index contributed by atoms with van der Waals surface area (Å²) in [6.07, 6.45) is 1.36. The summed E-state index contributed by atoms with van der Waals surface area (Å²) >= 11 is 16.9. The second-order valence-corrected chi connectivity index (χ2v) is 11.9. The molecule has 2 unspecified atom stereocenters. The lowest BCUT2D eigenvalue weighted by Gasteiger charge is -2.24. The van der Waals surface area contributed by atoms with Crippen LogP contribution in [0.3, 0.4) is 0 Å². The van der Waals surface area contributed by atoms with E-state index in [9.17, 15) is 24.3 Å². The highest BCUT2D eigenvalue weighted by Crippen LogP contribution is 2.28. The molecule has 12 heteroatoms. The van der Waals surface area contributed by atoms with Crippen molar-refractivity contribution < 1.29 is 28.7 Å². The quantitative estimate of drug-likeness (QED) is 0.239. The van der Waals surface area contributed by atoms with Crippen LogP contribution in [0.2, 0.25) is 0 Å². The van der Waals surface area contributed by atoms with Gasteiger partial charge in [0.2, 0.25) is 5.91 Å². The number of benzene rings is 2. The molecule has 4 amide bonds. The third kappa shape index (κ3) is 7.81. The Labute approximate surface area is 246 Å². The van der Waals surface area contributed by atoms with Crippen molar-refractivity contribution in [3.05, 3.63) is 77.1 Å². The molecule has 2 aromatic carbocycles. The number of imide groups is 1. The van der Waals surface area contributed by atoms with E-state index in [1.807, 2.05) is 0 Å². The monoisotopic (exact) mass is 611 g/mol. The van der Waals surface area contributed by atoms with Crippen LogP contribution in [-0.4, -0.2) is 50.0 Å². The maximum atomic E-state index is 15.5. The number of aliphatic hydroxyl groups is 1. The zero-order chi connectivity index (χ0) is 29.6. The maximum absolute atomic E-state index is 15.5. The van der Waals surface area contributed by atoms with Crippen molar-refractivity contribution in [2.24, 2.45) is 11.8 Å². The molecule has 2 atom stereocenters. The van der Waals surface area contributed by atoms with Gasteiger partial charge in [0.25, 0.3) is 21.5 Å². The van der Waals surface area contributed by atoms with Gasteiger partial charge in [0, 0.05) is 12.2 Å². The van der Waals surface area contributed by atoms with Crippen LogP contribution in [0.25, 0.3) is 0 Å². The van der Waals surface area contributed by atoms with E-state index in [4.69, 9.17) is 34.8 Å². The highest BCUT2D eigenvalue weighted by Gasteiger charge is 2.36. The molecule has 1 aliphatic rings. The number of hydrogen-bond donors (Lipinski definition) is 3. The second-order valence-electron chi connectivity index (χ2n) is 9.64. The minimum Gasteiger partial charge on any atom is -0.392 e. The Morgan fingerprint density at radius 1 is 1.02 bits per heavy atom. The van der Waals surface area contributed by atoms with E-state index in [2.05, 4.69) is 10.6 Å². The van der Waals surface area contributed by atoms with Crippen LogP contribution in [0.5, 0.6) is 0 Å². The molecular formula is C28H29Cl3FN3O5.